The topological polar surface area (TPSA) is 17.0 Å². The van der Waals surface area contributed by atoms with Crippen LogP contribution in [0.5, 0.6) is 0 Å². The van der Waals surface area contributed by atoms with Crippen molar-refractivity contribution in [2.24, 2.45) is 0 Å². The third-order valence-corrected chi connectivity index (χ3v) is 3.90. The smallest absolute Gasteiger partial charge is 0.0384 e. The molecule has 1 aromatic heterocycles. The van der Waals surface area contributed by atoms with E-state index in [1.165, 1.54) is 28.7 Å². The van der Waals surface area contributed by atoms with Crippen LogP contribution in [0.1, 0.15) is 30.3 Å². The van der Waals surface area contributed by atoms with Crippen molar-refractivity contribution >= 4 is 15.9 Å². The molecule has 2 nitrogen and oxygen atoms in total. The number of hydrogen-bond acceptors (Lipinski definition) is 1. The highest BCUT2D eigenvalue weighted by Gasteiger charge is 2.18. The number of rotatable bonds is 1. The molecule has 2 heterocycles. The van der Waals surface area contributed by atoms with Crippen molar-refractivity contribution in [1.82, 2.24) is 9.88 Å². The lowest BCUT2D eigenvalue weighted by molar-refractivity contribution is 0.360. The van der Waals surface area contributed by atoms with Crippen LogP contribution in [-0.4, -0.2) is 17.7 Å². The number of nitrogens with zero attached hydrogens (tertiary/aromatic N) is 1. The zero-order chi connectivity index (χ0) is 10.1. The molecule has 1 aliphatic rings. The van der Waals surface area contributed by atoms with E-state index in [1.807, 2.05) is 0 Å². The SMILES string of the molecule is Cc1cc(Br)c(C)n1C1CCNCC1. The number of aryl methyl sites for hydroxylation is 1. The number of nitrogens with one attached hydrogen (secondary N) is 1. The van der Waals surface area contributed by atoms with Gasteiger partial charge in [-0.1, -0.05) is 0 Å². The monoisotopic (exact) mass is 256 g/mol. The molecule has 0 spiro atoms. The van der Waals surface area contributed by atoms with Crippen molar-refractivity contribution < 1.29 is 0 Å². The lowest BCUT2D eigenvalue weighted by Gasteiger charge is -2.27. The highest BCUT2D eigenvalue weighted by molar-refractivity contribution is 9.10. The molecular weight excluding hydrogens is 240 g/mol. The molecule has 0 atom stereocenters. The van der Waals surface area contributed by atoms with Gasteiger partial charge in [-0.25, -0.2) is 0 Å². The normalized spacial score (nSPS) is 18.8. The first-order valence-electron chi connectivity index (χ1n) is 5.25. The van der Waals surface area contributed by atoms with E-state index in [-0.39, 0.29) is 0 Å². The molecule has 0 saturated carbocycles. The maximum Gasteiger partial charge on any atom is 0.0384 e. The van der Waals surface area contributed by atoms with Crippen molar-refractivity contribution in [3.05, 3.63) is 21.9 Å². The van der Waals surface area contributed by atoms with E-state index in [2.05, 4.69) is 45.7 Å². The molecule has 1 saturated heterocycles. The molecule has 2 rings (SSSR count). The molecule has 1 aromatic rings. The van der Waals surface area contributed by atoms with Gasteiger partial charge >= 0.3 is 0 Å². The molecule has 0 bridgehead atoms. The summed E-state index contributed by atoms with van der Waals surface area (Å²) in [5, 5.41) is 3.41. The van der Waals surface area contributed by atoms with Crippen LogP contribution in [0.4, 0.5) is 0 Å². The Balaban J connectivity index is 2.29. The lowest BCUT2D eigenvalue weighted by atomic mass is 10.1. The molecule has 0 aromatic carbocycles. The average molecular weight is 257 g/mol. The number of piperidine rings is 1. The largest absolute Gasteiger partial charge is 0.345 e. The molecular formula is C11H17BrN2. The minimum Gasteiger partial charge on any atom is -0.345 e. The Morgan fingerprint density at radius 1 is 1.36 bits per heavy atom. The molecule has 1 N–H and O–H groups in total. The molecule has 0 radical (unpaired) electrons. The van der Waals surface area contributed by atoms with Crippen LogP contribution in [0.3, 0.4) is 0 Å². The van der Waals surface area contributed by atoms with Gasteiger partial charge in [-0.3, -0.25) is 0 Å². The number of halogens is 1. The zero-order valence-electron chi connectivity index (χ0n) is 8.81. The van der Waals surface area contributed by atoms with Crippen molar-refractivity contribution in [3.63, 3.8) is 0 Å². The van der Waals surface area contributed by atoms with Gasteiger partial charge in [-0.15, -0.1) is 0 Å². The summed E-state index contributed by atoms with van der Waals surface area (Å²) in [6.45, 7) is 6.69. The van der Waals surface area contributed by atoms with Gasteiger partial charge in [0.25, 0.3) is 0 Å². The highest BCUT2D eigenvalue weighted by atomic mass is 79.9. The van der Waals surface area contributed by atoms with Crippen LogP contribution in [0, 0.1) is 13.8 Å². The molecule has 0 aliphatic carbocycles. The van der Waals surface area contributed by atoms with E-state index < -0.39 is 0 Å². The van der Waals surface area contributed by atoms with Crippen molar-refractivity contribution in [2.75, 3.05) is 13.1 Å². The maximum atomic E-state index is 3.60. The Bertz CT molecular complexity index is 324. The molecule has 1 aliphatic heterocycles. The van der Waals surface area contributed by atoms with E-state index in [0.717, 1.165) is 13.1 Å². The van der Waals surface area contributed by atoms with Crippen LogP contribution in [0.15, 0.2) is 10.5 Å². The first kappa shape index (κ1) is 10.2. The van der Waals surface area contributed by atoms with E-state index in [0.29, 0.717) is 6.04 Å². The van der Waals surface area contributed by atoms with Crippen LogP contribution < -0.4 is 5.32 Å². The van der Waals surface area contributed by atoms with Gasteiger partial charge in [-0.05, 0) is 61.8 Å². The third-order valence-electron chi connectivity index (χ3n) is 3.10. The fourth-order valence-corrected chi connectivity index (χ4v) is 2.89. The van der Waals surface area contributed by atoms with Gasteiger partial charge < -0.3 is 9.88 Å². The number of hydrogen-bond donors (Lipinski definition) is 1. The Hall–Kier alpha value is -0.280. The summed E-state index contributed by atoms with van der Waals surface area (Å²) in [5.74, 6) is 0. The van der Waals surface area contributed by atoms with Crippen molar-refractivity contribution in [2.45, 2.75) is 32.7 Å². The second kappa shape index (κ2) is 4.07. The molecule has 1 fully saturated rings. The molecule has 0 amide bonds. The van der Waals surface area contributed by atoms with Crippen molar-refractivity contribution in [3.8, 4) is 0 Å². The van der Waals surface area contributed by atoms with E-state index in [1.54, 1.807) is 0 Å². The van der Waals surface area contributed by atoms with Gasteiger partial charge in [-0.2, -0.15) is 0 Å². The summed E-state index contributed by atoms with van der Waals surface area (Å²) < 4.78 is 3.72. The van der Waals surface area contributed by atoms with Gasteiger partial charge in [0.15, 0.2) is 0 Å². The fourth-order valence-electron chi connectivity index (χ4n) is 2.36. The quantitative estimate of drug-likeness (QED) is 0.818. The summed E-state index contributed by atoms with van der Waals surface area (Å²) in [5.41, 5.74) is 2.75. The van der Waals surface area contributed by atoms with Crippen LogP contribution in [-0.2, 0) is 0 Å². The standard InChI is InChI=1S/C11H17BrN2/c1-8-7-11(12)9(2)14(8)10-3-5-13-6-4-10/h7,10,13H,3-6H2,1-2H3. The fraction of sp³-hybridized carbons (Fsp3) is 0.636. The molecule has 78 valence electrons. The molecule has 0 unspecified atom stereocenters. The van der Waals surface area contributed by atoms with E-state index in [9.17, 15) is 0 Å². The summed E-state index contributed by atoms with van der Waals surface area (Å²) >= 11 is 3.60. The Morgan fingerprint density at radius 3 is 2.50 bits per heavy atom. The average Bonchev–Trinajstić information content (AvgIpc) is 2.43. The maximum absolute atomic E-state index is 3.60. The first-order chi connectivity index (χ1) is 6.70. The summed E-state index contributed by atoms with van der Waals surface area (Å²) in [6.07, 6.45) is 2.51. The lowest BCUT2D eigenvalue weighted by Crippen LogP contribution is -2.30. The van der Waals surface area contributed by atoms with E-state index >= 15 is 0 Å². The second-order valence-electron chi connectivity index (χ2n) is 4.07. The minimum absolute atomic E-state index is 0.697. The summed E-state index contributed by atoms with van der Waals surface area (Å²) in [4.78, 5) is 0. The van der Waals surface area contributed by atoms with Gasteiger partial charge in [0.05, 0.1) is 0 Å². The third kappa shape index (κ3) is 1.75. The van der Waals surface area contributed by atoms with Crippen LogP contribution in [0.2, 0.25) is 0 Å². The minimum atomic E-state index is 0.697. The molecule has 3 heteroatoms. The van der Waals surface area contributed by atoms with Crippen LogP contribution >= 0.6 is 15.9 Å². The van der Waals surface area contributed by atoms with Crippen molar-refractivity contribution in [1.29, 1.82) is 0 Å². The van der Waals surface area contributed by atoms with Gasteiger partial charge in [0, 0.05) is 21.9 Å². The Labute approximate surface area is 93.8 Å². The zero-order valence-corrected chi connectivity index (χ0v) is 10.4. The van der Waals surface area contributed by atoms with Gasteiger partial charge in [0.1, 0.15) is 0 Å². The highest BCUT2D eigenvalue weighted by Crippen LogP contribution is 2.28. The second-order valence-corrected chi connectivity index (χ2v) is 4.92. The Kier molecular flexibility index (Phi) is 2.98. The van der Waals surface area contributed by atoms with Gasteiger partial charge in [0.2, 0.25) is 0 Å². The Morgan fingerprint density at radius 2 is 2.00 bits per heavy atom. The first-order valence-corrected chi connectivity index (χ1v) is 6.04. The predicted octanol–water partition coefficient (Wildman–Crippen LogP) is 2.79. The number of aromatic nitrogens is 1. The predicted molar refractivity (Wildman–Crippen MR) is 62.7 cm³/mol. The van der Waals surface area contributed by atoms with E-state index in [4.69, 9.17) is 0 Å². The summed E-state index contributed by atoms with van der Waals surface area (Å²) in [6, 6.07) is 2.92. The molecule has 14 heavy (non-hydrogen) atoms. The van der Waals surface area contributed by atoms with Crippen LogP contribution in [0.25, 0.3) is 0 Å². The summed E-state index contributed by atoms with van der Waals surface area (Å²) in [7, 11) is 0.